The molecule has 27 heavy (non-hydrogen) atoms. The van der Waals surface area contributed by atoms with Crippen LogP contribution in [0.4, 0.5) is 14.5 Å². The highest BCUT2D eigenvalue weighted by molar-refractivity contribution is 7.99. The van der Waals surface area contributed by atoms with Crippen LogP contribution in [0.1, 0.15) is 5.56 Å². The molecule has 0 saturated heterocycles. The number of hydrogen-bond acceptors (Lipinski definition) is 5. The molecule has 1 amide bonds. The van der Waals surface area contributed by atoms with Gasteiger partial charge in [-0.15, -0.1) is 11.8 Å². The number of ether oxygens (including phenoxy) is 1. The summed E-state index contributed by atoms with van der Waals surface area (Å²) in [6.07, 6.45) is 3.38. The summed E-state index contributed by atoms with van der Waals surface area (Å²) < 4.78 is 30.0. The number of carbonyl (C=O) groups is 1. The van der Waals surface area contributed by atoms with Gasteiger partial charge < -0.3 is 10.1 Å². The number of carbonyl (C=O) groups excluding carboxylic acids is 1. The topological polar surface area (TPSA) is 62.1 Å². The van der Waals surface area contributed by atoms with Gasteiger partial charge in [-0.1, -0.05) is 17.8 Å². The van der Waals surface area contributed by atoms with Gasteiger partial charge in [0, 0.05) is 15.5 Å². The fourth-order valence-corrected chi connectivity index (χ4v) is 3.22. The first kappa shape index (κ1) is 20.8. The van der Waals surface area contributed by atoms with Crippen molar-refractivity contribution in [3.05, 3.63) is 53.6 Å². The third-order valence-electron chi connectivity index (χ3n) is 3.42. The number of benzene rings is 2. The highest BCUT2D eigenvalue weighted by Gasteiger charge is 2.11. The first-order valence-electron chi connectivity index (χ1n) is 7.67. The largest absolute Gasteiger partial charge is 0.496 e. The number of halogens is 2. The lowest BCUT2D eigenvalue weighted by atomic mass is 10.1. The van der Waals surface area contributed by atoms with Gasteiger partial charge in [-0.3, -0.25) is 4.79 Å². The van der Waals surface area contributed by atoms with E-state index in [1.165, 1.54) is 42.1 Å². The SMILES string of the molecule is COc1cc(/C=C(/C#N)C(=O)Nc2ccc(SC(F)F)cc2)ccc1SC. The third kappa shape index (κ3) is 6.01. The van der Waals surface area contributed by atoms with Crippen LogP contribution in [-0.4, -0.2) is 25.0 Å². The molecular weight excluding hydrogens is 390 g/mol. The molecule has 0 aliphatic rings. The molecule has 140 valence electrons. The molecule has 2 aromatic carbocycles. The van der Waals surface area contributed by atoms with Crippen molar-refractivity contribution in [1.82, 2.24) is 0 Å². The highest BCUT2D eigenvalue weighted by atomic mass is 32.2. The van der Waals surface area contributed by atoms with E-state index in [0.29, 0.717) is 33.7 Å². The van der Waals surface area contributed by atoms with Crippen molar-refractivity contribution in [2.45, 2.75) is 15.5 Å². The molecule has 2 aromatic rings. The molecule has 0 fully saturated rings. The Hall–Kier alpha value is -2.50. The summed E-state index contributed by atoms with van der Waals surface area (Å²) >= 11 is 1.95. The average molecular weight is 406 g/mol. The maximum Gasteiger partial charge on any atom is 0.288 e. The molecule has 0 aliphatic heterocycles. The standard InChI is InChI=1S/C19H16F2N2O2S2/c1-25-16-10-12(3-8-17(16)26-2)9-13(11-22)18(24)23-14-4-6-15(7-5-14)27-19(20)21/h3-10,19H,1-2H3,(H,23,24)/b13-9-. The Morgan fingerprint density at radius 1 is 1.26 bits per heavy atom. The van der Waals surface area contributed by atoms with Gasteiger partial charge in [-0.25, -0.2) is 0 Å². The zero-order valence-corrected chi connectivity index (χ0v) is 16.2. The minimum absolute atomic E-state index is 0.0833. The molecule has 0 heterocycles. The Morgan fingerprint density at radius 3 is 2.52 bits per heavy atom. The first-order valence-corrected chi connectivity index (χ1v) is 9.77. The van der Waals surface area contributed by atoms with E-state index >= 15 is 0 Å². The maximum atomic E-state index is 12.3. The summed E-state index contributed by atoms with van der Waals surface area (Å²) in [6, 6.07) is 13.2. The lowest BCUT2D eigenvalue weighted by Gasteiger charge is -2.08. The minimum Gasteiger partial charge on any atom is -0.496 e. The number of methoxy groups -OCH3 is 1. The molecule has 0 atom stereocenters. The van der Waals surface area contributed by atoms with Crippen molar-refractivity contribution < 1.29 is 18.3 Å². The predicted molar refractivity (Wildman–Crippen MR) is 105 cm³/mol. The summed E-state index contributed by atoms with van der Waals surface area (Å²) in [5.41, 5.74) is 0.982. The summed E-state index contributed by atoms with van der Waals surface area (Å²) in [4.78, 5) is 13.7. The van der Waals surface area contributed by atoms with Crippen LogP contribution < -0.4 is 10.1 Å². The summed E-state index contributed by atoms with van der Waals surface area (Å²) in [5, 5.41) is 11.9. The van der Waals surface area contributed by atoms with Gasteiger partial charge >= 0.3 is 0 Å². The van der Waals surface area contributed by atoms with E-state index in [0.717, 1.165) is 4.90 Å². The number of anilines is 1. The zero-order valence-electron chi connectivity index (χ0n) is 14.5. The summed E-state index contributed by atoms with van der Waals surface area (Å²) in [5.74, 6) is -2.44. The molecule has 0 aromatic heterocycles. The molecule has 4 nitrogen and oxygen atoms in total. The molecule has 0 bridgehead atoms. The van der Waals surface area contributed by atoms with E-state index in [9.17, 15) is 18.8 Å². The number of nitriles is 1. The van der Waals surface area contributed by atoms with Crippen molar-refractivity contribution >= 4 is 41.2 Å². The smallest absolute Gasteiger partial charge is 0.288 e. The van der Waals surface area contributed by atoms with E-state index in [1.807, 2.05) is 18.4 Å². The lowest BCUT2D eigenvalue weighted by molar-refractivity contribution is -0.112. The molecule has 0 radical (unpaired) electrons. The number of hydrogen-bond donors (Lipinski definition) is 1. The molecule has 0 aliphatic carbocycles. The van der Waals surface area contributed by atoms with E-state index in [2.05, 4.69) is 5.32 Å². The summed E-state index contributed by atoms with van der Waals surface area (Å²) in [7, 11) is 1.55. The molecule has 0 spiro atoms. The lowest BCUT2D eigenvalue weighted by Crippen LogP contribution is -2.13. The Labute approximate surface area is 164 Å². The molecule has 8 heteroatoms. The van der Waals surface area contributed by atoms with Crippen LogP contribution in [0.15, 0.2) is 57.8 Å². The fraction of sp³-hybridized carbons (Fsp3) is 0.158. The van der Waals surface area contributed by atoms with Crippen LogP contribution in [0.2, 0.25) is 0 Å². The van der Waals surface area contributed by atoms with Crippen molar-refractivity contribution in [3.8, 4) is 11.8 Å². The zero-order chi connectivity index (χ0) is 19.8. The van der Waals surface area contributed by atoms with Crippen molar-refractivity contribution in [3.63, 3.8) is 0 Å². The molecule has 1 N–H and O–H groups in total. The van der Waals surface area contributed by atoms with Crippen LogP contribution >= 0.6 is 23.5 Å². The van der Waals surface area contributed by atoms with Gasteiger partial charge in [0.1, 0.15) is 17.4 Å². The van der Waals surface area contributed by atoms with Crippen LogP contribution in [0.25, 0.3) is 6.08 Å². The summed E-state index contributed by atoms with van der Waals surface area (Å²) in [6.45, 7) is 0. The van der Waals surface area contributed by atoms with Gasteiger partial charge in [0.05, 0.1) is 7.11 Å². The van der Waals surface area contributed by atoms with Crippen LogP contribution in [0.3, 0.4) is 0 Å². The number of thioether (sulfide) groups is 2. The first-order chi connectivity index (χ1) is 13.0. The van der Waals surface area contributed by atoms with Crippen LogP contribution in [-0.2, 0) is 4.79 Å². The number of nitrogens with zero attached hydrogens (tertiary/aromatic N) is 1. The van der Waals surface area contributed by atoms with Gasteiger partial charge in [0.15, 0.2) is 0 Å². The molecule has 2 rings (SSSR count). The molecule has 0 saturated carbocycles. The Kier molecular flexibility index (Phi) is 7.70. The highest BCUT2D eigenvalue weighted by Crippen LogP contribution is 2.29. The van der Waals surface area contributed by atoms with Crippen molar-refractivity contribution in [2.24, 2.45) is 0 Å². The molecular formula is C19H16F2N2O2S2. The Morgan fingerprint density at radius 2 is 1.96 bits per heavy atom. The van der Waals surface area contributed by atoms with E-state index in [4.69, 9.17) is 4.74 Å². The van der Waals surface area contributed by atoms with Gasteiger partial charge in [-0.2, -0.15) is 14.0 Å². The van der Waals surface area contributed by atoms with E-state index < -0.39 is 11.7 Å². The van der Waals surface area contributed by atoms with E-state index in [-0.39, 0.29) is 5.57 Å². The van der Waals surface area contributed by atoms with Gasteiger partial charge in [0.2, 0.25) is 0 Å². The fourth-order valence-electron chi connectivity index (χ4n) is 2.18. The van der Waals surface area contributed by atoms with E-state index in [1.54, 1.807) is 19.2 Å². The quantitative estimate of drug-likeness (QED) is 0.385. The third-order valence-corrected chi connectivity index (χ3v) is 4.92. The van der Waals surface area contributed by atoms with Crippen molar-refractivity contribution in [2.75, 3.05) is 18.7 Å². The second-order valence-corrected chi connectivity index (χ2v) is 7.05. The second-order valence-electron chi connectivity index (χ2n) is 5.14. The minimum atomic E-state index is -2.51. The normalized spacial score (nSPS) is 11.2. The van der Waals surface area contributed by atoms with Gasteiger partial charge in [0.25, 0.3) is 11.7 Å². The maximum absolute atomic E-state index is 12.3. The van der Waals surface area contributed by atoms with Crippen molar-refractivity contribution in [1.29, 1.82) is 5.26 Å². The van der Waals surface area contributed by atoms with Crippen LogP contribution in [0.5, 0.6) is 5.75 Å². The molecule has 0 unspecified atom stereocenters. The van der Waals surface area contributed by atoms with Crippen LogP contribution in [0, 0.1) is 11.3 Å². The average Bonchev–Trinajstić information content (AvgIpc) is 2.66. The number of amides is 1. The second kappa shape index (κ2) is 10.00. The Bertz CT molecular complexity index is 878. The number of alkyl halides is 2. The predicted octanol–water partition coefficient (Wildman–Crippen LogP) is 5.28. The monoisotopic (exact) mass is 406 g/mol. The number of nitrogens with one attached hydrogen (secondary N) is 1. The van der Waals surface area contributed by atoms with Gasteiger partial charge in [-0.05, 0) is 54.3 Å². The Balaban J connectivity index is 2.16. The number of rotatable bonds is 7.